The third-order valence-corrected chi connectivity index (χ3v) is 2.42. The van der Waals surface area contributed by atoms with Gasteiger partial charge in [0.2, 0.25) is 6.33 Å². The average Bonchev–Trinajstić information content (AvgIpc) is 2.30. The topological polar surface area (TPSA) is 56.0 Å². The minimum Gasteiger partial charge on any atom is -0.758 e. The number of hydroxylamine groups is 1. The number of hydrogen-bond donors (Lipinski definition) is 0. The van der Waals surface area contributed by atoms with Crippen molar-refractivity contribution in [2.24, 2.45) is 0 Å². The van der Waals surface area contributed by atoms with E-state index in [1.54, 1.807) is 0 Å². The molecule has 3 heterocycles. The molecule has 5 heteroatoms. The van der Waals surface area contributed by atoms with E-state index in [-0.39, 0.29) is 0 Å². The van der Waals surface area contributed by atoms with Crippen molar-refractivity contribution < 1.29 is 4.57 Å². The number of aromatic nitrogens is 3. The molecule has 15 heavy (non-hydrogen) atoms. The maximum absolute atomic E-state index is 11.7. The van der Waals surface area contributed by atoms with E-state index in [9.17, 15) is 5.21 Å². The highest BCUT2D eigenvalue weighted by molar-refractivity contribution is 5.55. The zero-order valence-electron chi connectivity index (χ0n) is 7.87. The van der Waals surface area contributed by atoms with Crippen molar-refractivity contribution in [2.75, 3.05) is 5.06 Å². The Kier molecular flexibility index (Phi) is 1.66. The third-order valence-electron chi connectivity index (χ3n) is 2.42. The second-order valence-corrected chi connectivity index (χ2v) is 3.33. The highest BCUT2D eigenvalue weighted by Gasteiger charge is 2.24. The summed E-state index contributed by atoms with van der Waals surface area (Å²) in [6, 6.07) is 5.73. The number of nitrogens with zero attached hydrogens (tertiary/aromatic N) is 4. The Balaban J connectivity index is 2.30. The van der Waals surface area contributed by atoms with E-state index in [4.69, 9.17) is 0 Å². The minimum atomic E-state index is 0.335. The highest BCUT2D eigenvalue weighted by Crippen LogP contribution is 2.22. The van der Waals surface area contributed by atoms with Gasteiger partial charge in [-0.25, -0.2) is 4.98 Å². The van der Waals surface area contributed by atoms with Gasteiger partial charge < -0.3 is 10.3 Å². The number of fused-ring (bicyclic) bond motifs is 3. The summed E-state index contributed by atoms with van der Waals surface area (Å²) in [7, 11) is 0. The van der Waals surface area contributed by atoms with Crippen molar-refractivity contribution in [1.82, 2.24) is 9.97 Å². The predicted octanol–water partition coefficient (Wildman–Crippen LogP) is 0.571. The van der Waals surface area contributed by atoms with Gasteiger partial charge in [0.1, 0.15) is 11.4 Å². The van der Waals surface area contributed by atoms with Crippen LogP contribution >= 0.6 is 0 Å². The minimum absolute atomic E-state index is 0.335. The Morgan fingerprint density at radius 3 is 3.27 bits per heavy atom. The Morgan fingerprint density at radius 2 is 2.33 bits per heavy atom. The van der Waals surface area contributed by atoms with Gasteiger partial charge in [-0.1, -0.05) is 6.07 Å². The number of hydrogen-bond acceptors (Lipinski definition) is 4. The first-order chi connectivity index (χ1) is 7.36. The first kappa shape index (κ1) is 8.31. The van der Waals surface area contributed by atoms with Crippen LogP contribution in [-0.4, -0.2) is 9.97 Å². The van der Waals surface area contributed by atoms with Crippen LogP contribution in [0.1, 0.15) is 5.69 Å². The summed E-state index contributed by atoms with van der Waals surface area (Å²) in [4.78, 5) is 7.98. The summed E-state index contributed by atoms with van der Waals surface area (Å²) < 4.78 is 1.91. The first-order valence-electron chi connectivity index (χ1n) is 4.61. The van der Waals surface area contributed by atoms with Crippen LogP contribution < -0.4 is 9.63 Å². The quantitative estimate of drug-likeness (QED) is 0.583. The van der Waals surface area contributed by atoms with Gasteiger partial charge in [-0.2, -0.15) is 4.57 Å². The molecule has 5 nitrogen and oxygen atoms in total. The lowest BCUT2D eigenvalue weighted by Crippen LogP contribution is -2.44. The van der Waals surface area contributed by atoms with E-state index in [1.807, 2.05) is 29.0 Å². The van der Waals surface area contributed by atoms with E-state index in [2.05, 4.69) is 9.97 Å². The van der Waals surface area contributed by atoms with Crippen LogP contribution in [0.3, 0.4) is 0 Å². The Bertz CT molecular complexity index is 514. The van der Waals surface area contributed by atoms with Crippen LogP contribution in [0.4, 0.5) is 5.69 Å². The first-order valence-corrected chi connectivity index (χ1v) is 4.61. The maximum atomic E-state index is 11.7. The molecule has 0 saturated heterocycles. The molecule has 1 aliphatic rings. The molecule has 2 aromatic heterocycles. The molecule has 1 aliphatic heterocycles. The molecule has 0 saturated carbocycles. The monoisotopic (exact) mass is 200 g/mol. The van der Waals surface area contributed by atoms with E-state index >= 15 is 0 Å². The summed E-state index contributed by atoms with van der Waals surface area (Å²) in [6.45, 7) is 0.335. The number of rotatable bonds is 0. The van der Waals surface area contributed by atoms with E-state index in [0.717, 1.165) is 10.8 Å². The summed E-state index contributed by atoms with van der Waals surface area (Å²) in [5.41, 5.74) is 1.44. The molecule has 0 fully saturated rings. The predicted molar refractivity (Wildman–Crippen MR) is 53.1 cm³/mol. The van der Waals surface area contributed by atoms with Gasteiger partial charge in [-0.3, -0.25) is 0 Å². The van der Waals surface area contributed by atoms with Crippen molar-refractivity contribution in [1.29, 1.82) is 0 Å². The molecule has 0 aliphatic carbocycles. The van der Waals surface area contributed by atoms with E-state index in [1.165, 1.54) is 12.5 Å². The molecule has 3 rings (SSSR count). The van der Waals surface area contributed by atoms with Crippen molar-refractivity contribution in [2.45, 2.75) is 6.54 Å². The lowest BCUT2D eigenvalue weighted by molar-refractivity contribution is -0.609. The molecular weight excluding hydrogens is 192 g/mol. The second kappa shape index (κ2) is 2.99. The molecule has 0 spiro atoms. The van der Waals surface area contributed by atoms with Crippen LogP contribution in [0.15, 0.2) is 36.9 Å². The molecule has 2 aromatic rings. The Morgan fingerprint density at radius 1 is 1.40 bits per heavy atom. The summed E-state index contributed by atoms with van der Waals surface area (Å²) >= 11 is 0. The van der Waals surface area contributed by atoms with Crippen LogP contribution in [0.25, 0.3) is 5.82 Å². The lowest BCUT2D eigenvalue weighted by atomic mass is 10.2. The van der Waals surface area contributed by atoms with Gasteiger partial charge in [0.25, 0.3) is 0 Å². The van der Waals surface area contributed by atoms with Crippen molar-refractivity contribution in [3.63, 3.8) is 0 Å². The SMILES string of the molecule is [O-]N1Cc2cccc[n+]2-c2ncncc21. The fourth-order valence-corrected chi connectivity index (χ4v) is 1.72. The molecule has 0 N–H and O–H groups in total. The van der Waals surface area contributed by atoms with Crippen molar-refractivity contribution >= 4 is 5.69 Å². The molecule has 74 valence electrons. The normalized spacial score (nSPS) is 13.3. The second-order valence-electron chi connectivity index (χ2n) is 3.33. The smallest absolute Gasteiger partial charge is 0.354 e. The summed E-state index contributed by atoms with van der Waals surface area (Å²) in [5.74, 6) is 0.641. The molecule has 0 unspecified atom stereocenters. The molecular formula is C10H8N4O. The summed E-state index contributed by atoms with van der Waals surface area (Å²) in [6.07, 6.45) is 4.88. The maximum Gasteiger partial charge on any atom is 0.354 e. The highest BCUT2D eigenvalue weighted by atomic mass is 16.5. The third kappa shape index (κ3) is 1.17. The molecule has 0 radical (unpaired) electrons. The Hall–Kier alpha value is -2.01. The number of pyridine rings is 1. The molecule has 0 aromatic carbocycles. The molecule has 0 atom stereocenters. The zero-order chi connectivity index (χ0) is 10.3. The average molecular weight is 200 g/mol. The van der Waals surface area contributed by atoms with Gasteiger partial charge in [0, 0.05) is 0 Å². The van der Waals surface area contributed by atoms with Crippen LogP contribution in [-0.2, 0) is 6.54 Å². The van der Waals surface area contributed by atoms with Gasteiger partial charge in [-0.15, -0.1) is 0 Å². The van der Waals surface area contributed by atoms with Gasteiger partial charge in [0.15, 0.2) is 0 Å². The fourth-order valence-electron chi connectivity index (χ4n) is 1.72. The number of anilines is 1. The van der Waals surface area contributed by atoms with Gasteiger partial charge in [-0.05, 0) is 17.1 Å². The Labute approximate surface area is 86.2 Å². The molecule has 0 amide bonds. The standard InChI is InChI=1S/C10H8N4O/c15-14-6-8-3-1-2-4-13(8)10-9(14)5-11-7-12-10/h1-5,7H,6H2. The largest absolute Gasteiger partial charge is 0.758 e. The van der Waals surface area contributed by atoms with Gasteiger partial charge in [0.05, 0.1) is 18.9 Å². The van der Waals surface area contributed by atoms with Crippen molar-refractivity contribution in [3.05, 3.63) is 47.8 Å². The van der Waals surface area contributed by atoms with E-state index < -0.39 is 0 Å². The zero-order valence-corrected chi connectivity index (χ0v) is 7.87. The van der Waals surface area contributed by atoms with Crippen molar-refractivity contribution in [3.8, 4) is 5.82 Å². The van der Waals surface area contributed by atoms with E-state index in [0.29, 0.717) is 18.1 Å². The van der Waals surface area contributed by atoms with Gasteiger partial charge >= 0.3 is 5.82 Å². The summed E-state index contributed by atoms with van der Waals surface area (Å²) in [5, 5.41) is 12.6. The lowest BCUT2D eigenvalue weighted by Gasteiger charge is -2.32. The van der Waals surface area contributed by atoms with Crippen LogP contribution in [0, 0.1) is 5.21 Å². The van der Waals surface area contributed by atoms with Crippen LogP contribution in [0.2, 0.25) is 0 Å². The fraction of sp³-hybridized carbons (Fsp3) is 0.100. The molecule has 0 bridgehead atoms. The van der Waals surface area contributed by atoms with Crippen LogP contribution in [0.5, 0.6) is 0 Å².